The van der Waals surface area contributed by atoms with E-state index in [1.807, 2.05) is 23.1 Å². The molecule has 1 aliphatic rings. The molecule has 122 valence electrons. The second-order valence-corrected chi connectivity index (χ2v) is 7.02. The van der Waals surface area contributed by atoms with Gasteiger partial charge in [-0.1, -0.05) is 49.0 Å². The topological polar surface area (TPSA) is 61.9 Å². The number of hydrogen-bond donors (Lipinski definition) is 1. The molecule has 1 fully saturated rings. The van der Waals surface area contributed by atoms with Crippen LogP contribution in [0.5, 0.6) is 0 Å². The predicted molar refractivity (Wildman–Crippen MR) is 91.3 cm³/mol. The number of rotatable bonds is 5. The van der Waals surface area contributed by atoms with Gasteiger partial charge in [0.05, 0.1) is 5.75 Å². The fourth-order valence-corrected chi connectivity index (χ4v) is 3.41. The molecule has 1 aromatic carbocycles. The lowest BCUT2D eigenvalue weighted by Crippen LogP contribution is -2.38. The van der Waals surface area contributed by atoms with Crippen molar-refractivity contribution in [2.24, 2.45) is 5.92 Å². The molecule has 0 atom stereocenters. The Labute approximate surface area is 140 Å². The number of nitrogens with one attached hydrogen (secondary N) is 1. The number of hydrogen-bond acceptors (Lipinski definition) is 4. The zero-order valence-corrected chi connectivity index (χ0v) is 14.2. The van der Waals surface area contributed by atoms with E-state index >= 15 is 0 Å². The Bertz CT molecular complexity index is 635. The third-order valence-electron chi connectivity index (χ3n) is 4.19. The summed E-state index contributed by atoms with van der Waals surface area (Å²) in [6.45, 7) is 4.01. The first-order valence-corrected chi connectivity index (χ1v) is 9.05. The van der Waals surface area contributed by atoms with E-state index in [0.29, 0.717) is 10.9 Å². The van der Waals surface area contributed by atoms with Crippen LogP contribution >= 0.6 is 11.8 Å². The Kier molecular flexibility index (Phi) is 5.33. The molecular formula is C17H22N4OS. The van der Waals surface area contributed by atoms with Crippen LogP contribution in [0.2, 0.25) is 0 Å². The highest BCUT2D eigenvalue weighted by atomic mass is 32.2. The van der Waals surface area contributed by atoms with Crippen molar-refractivity contribution in [2.75, 3.05) is 18.8 Å². The van der Waals surface area contributed by atoms with Crippen LogP contribution < -0.4 is 0 Å². The second-order valence-electron chi connectivity index (χ2n) is 6.08. The van der Waals surface area contributed by atoms with Crippen LogP contribution in [0.1, 0.15) is 31.2 Å². The van der Waals surface area contributed by atoms with Crippen LogP contribution in [0, 0.1) is 5.92 Å². The first-order valence-electron chi connectivity index (χ1n) is 8.06. The molecule has 0 radical (unpaired) electrons. The molecule has 1 amide bonds. The number of piperidine rings is 1. The summed E-state index contributed by atoms with van der Waals surface area (Å²) in [6.07, 6.45) is 2.95. The van der Waals surface area contributed by atoms with Gasteiger partial charge in [-0.25, -0.2) is 4.98 Å². The van der Waals surface area contributed by atoms with Crippen molar-refractivity contribution in [1.29, 1.82) is 0 Å². The van der Waals surface area contributed by atoms with E-state index < -0.39 is 0 Å². The highest BCUT2D eigenvalue weighted by Gasteiger charge is 2.20. The monoisotopic (exact) mass is 330 g/mol. The first-order chi connectivity index (χ1) is 11.2. The Morgan fingerprint density at radius 3 is 2.78 bits per heavy atom. The van der Waals surface area contributed by atoms with Gasteiger partial charge in [0, 0.05) is 19.5 Å². The summed E-state index contributed by atoms with van der Waals surface area (Å²) in [7, 11) is 0. The van der Waals surface area contributed by atoms with E-state index in [2.05, 4.69) is 34.2 Å². The third kappa shape index (κ3) is 4.58. The molecule has 1 aliphatic heterocycles. The maximum atomic E-state index is 12.2. The minimum atomic E-state index is 0.191. The summed E-state index contributed by atoms with van der Waals surface area (Å²) >= 11 is 1.41. The number of aromatic amines is 1. The molecule has 1 aromatic heterocycles. The Morgan fingerprint density at radius 2 is 2.04 bits per heavy atom. The summed E-state index contributed by atoms with van der Waals surface area (Å²) in [4.78, 5) is 18.6. The highest BCUT2D eigenvalue weighted by Crippen LogP contribution is 2.19. The summed E-state index contributed by atoms with van der Waals surface area (Å²) in [6, 6.07) is 10.2. The van der Waals surface area contributed by atoms with E-state index in [0.717, 1.165) is 44.1 Å². The van der Waals surface area contributed by atoms with Crippen molar-refractivity contribution in [1.82, 2.24) is 20.1 Å². The van der Waals surface area contributed by atoms with Crippen molar-refractivity contribution in [3.8, 4) is 0 Å². The van der Waals surface area contributed by atoms with Gasteiger partial charge in [-0.05, 0) is 24.3 Å². The molecule has 1 saturated heterocycles. The van der Waals surface area contributed by atoms with Crippen LogP contribution in [-0.4, -0.2) is 44.8 Å². The maximum Gasteiger partial charge on any atom is 0.233 e. The molecular weight excluding hydrogens is 308 g/mol. The maximum absolute atomic E-state index is 12.2. The minimum absolute atomic E-state index is 0.191. The van der Waals surface area contributed by atoms with E-state index in [-0.39, 0.29) is 5.91 Å². The molecule has 23 heavy (non-hydrogen) atoms. The minimum Gasteiger partial charge on any atom is -0.342 e. The number of nitrogens with zero attached hydrogens (tertiary/aromatic N) is 3. The molecule has 0 unspecified atom stereocenters. The SMILES string of the molecule is CC1CCN(C(=O)CSc2n[nH]c(Cc3ccccc3)n2)CC1. The van der Waals surface area contributed by atoms with E-state index in [1.54, 1.807) is 0 Å². The fourth-order valence-electron chi connectivity index (χ4n) is 2.69. The van der Waals surface area contributed by atoms with Gasteiger partial charge in [0.2, 0.25) is 11.1 Å². The number of H-pyrrole nitrogens is 1. The Hall–Kier alpha value is -1.82. The smallest absolute Gasteiger partial charge is 0.233 e. The lowest BCUT2D eigenvalue weighted by Gasteiger charge is -2.30. The van der Waals surface area contributed by atoms with Gasteiger partial charge in [0.1, 0.15) is 5.82 Å². The Morgan fingerprint density at radius 1 is 1.30 bits per heavy atom. The molecule has 0 saturated carbocycles. The number of thioether (sulfide) groups is 1. The quantitative estimate of drug-likeness (QED) is 0.856. The average molecular weight is 330 g/mol. The third-order valence-corrected chi connectivity index (χ3v) is 5.02. The van der Waals surface area contributed by atoms with Crippen molar-refractivity contribution in [3.63, 3.8) is 0 Å². The summed E-state index contributed by atoms with van der Waals surface area (Å²) in [5, 5.41) is 7.80. The highest BCUT2D eigenvalue weighted by molar-refractivity contribution is 7.99. The second kappa shape index (κ2) is 7.64. The van der Waals surface area contributed by atoms with E-state index in [1.165, 1.54) is 17.3 Å². The summed E-state index contributed by atoms with van der Waals surface area (Å²) < 4.78 is 0. The number of aromatic nitrogens is 3. The molecule has 0 spiro atoms. The van der Waals surface area contributed by atoms with Crippen LogP contribution in [-0.2, 0) is 11.2 Å². The largest absolute Gasteiger partial charge is 0.342 e. The number of carbonyl (C=O) groups excluding carboxylic acids is 1. The fraction of sp³-hybridized carbons (Fsp3) is 0.471. The van der Waals surface area contributed by atoms with Crippen LogP contribution in [0.4, 0.5) is 0 Å². The summed E-state index contributed by atoms with van der Waals surface area (Å²) in [5.74, 6) is 2.17. The van der Waals surface area contributed by atoms with Crippen LogP contribution in [0.25, 0.3) is 0 Å². The van der Waals surface area contributed by atoms with E-state index in [9.17, 15) is 4.79 Å². The molecule has 6 heteroatoms. The molecule has 2 heterocycles. The lowest BCUT2D eigenvalue weighted by molar-refractivity contribution is -0.129. The van der Waals surface area contributed by atoms with Gasteiger partial charge in [-0.3, -0.25) is 9.89 Å². The van der Waals surface area contributed by atoms with Gasteiger partial charge < -0.3 is 4.90 Å². The van der Waals surface area contributed by atoms with Crippen LogP contribution in [0.15, 0.2) is 35.5 Å². The zero-order valence-electron chi connectivity index (χ0n) is 13.4. The zero-order chi connectivity index (χ0) is 16.1. The molecule has 2 aromatic rings. The van der Waals surface area contributed by atoms with Crippen molar-refractivity contribution in [2.45, 2.75) is 31.3 Å². The summed E-state index contributed by atoms with van der Waals surface area (Å²) in [5.41, 5.74) is 1.19. The molecule has 0 bridgehead atoms. The van der Waals surface area contributed by atoms with Crippen molar-refractivity contribution >= 4 is 17.7 Å². The van der Waals surface area contributed by atoms with Crippen molar-refractivity contribution < 1.29 is 4.79 Å². The van der Waals surface area contributed by atoms with Crippen LogP contribution in [0.3, 0.4) is 0 Å². The standard InChI is InChI=1S/C17H22N4OS/c1-13-7-9-21(10-8-13)16(22)12-23-17-18-15(19-20-17)11-14-5-3-2-4-6-14/h2-6,13H,7-12H2,1H3,(H,18,19,20). The molecule has 1 N–H and O–H groups in total. The van der Waals surface area contributed by atoms with Crippen molar-refractivity contribution in [3.05, 3.63) is 41.7 Å². The lowest BCUT2D eigenvalue weighted by atomic mass is 9.99. The number of carbonyl (C=O) groups is 1. The predicted octanol–water partition coefficient (Wildman–Crippen LogP) is 2.75. The number of likely N-dealkylation sites (tertiary alicyclic amines) is 1. The van der Waals surface area contributed by atoms with Gasteiger partial charge >= 0.3 is 0 Å². The Balaban J connectivity index is 1.48. The van der Waals surface area contributed by atoms with E-state index in [4.69, 9.17) is 0 Å². The van der Waals surface area contributed by atoms with Gasteiger partial charge in [-0.15, -0.1) is 5.10 Å². The van der Waals surface area contributed by atoms with Gasteiger partial charge in [0.25, 0.3) is 0 Å². The molecule has 3 rings (SSSR count). The average Bonchev–Trinajstić information content (AvgIpc) is 3.02. The molecule has 5 nitrogen and oxygen atoms in total. The number of amides is 1. The number of benzene rings is 1. The molecule has 0 aliphatic carbocycles. The normalized spacial score (nSPS) is 15.8. The first kappa shape index (κ1) is 16.1. The van der Waals surface area contributed by atoms with Gasteiger partial charge in [-0.2, -0.15) is 0 Å². The van der Waals surface area contributed by atoms with Gasteiger partial charge in [0.15, 0.2) is 0 Å².